The molecule has 0 saturated heterocycles. The third kappa shape index (κ3) is 2.59. The molecule has 0 spiro atoms. The van der Waals surface area contributed by atoms with Gasteiger partial charge in [-0.25, -0.2) is 9.97 Å². The average Bonchev–Trinajstić information content (AvgIpc) is 2.88. The van der Waals surface area contributed by atoms with Gasteiger partial charge in [0.1, 0.15) is 17.3 Å². The van der Waals surface area contributed by atoms with Gasteiger partial charge in [-0.1, -0.05) is 17.7 Å². The molecule has 3 rings (SSSR count). The maximum Gasteiger partial charge on any atom is 0.231 e. The predicted molar refractivity (Wildman–Crippen MR) is 74.6 cm³/mol. The molecule has 1 aliphatic heterocycles. The molecule has 0 fully saturated rings. The number of ether oxygens (including phenoxy) is 2. The smallest absolute Gasteiger partial charge is 0.231 e. The van der Waals surface area contributed by atoms with Gasteiger partial charge in [-0.15, -0.1) is 0 Å². The van der Waals surface area contributed by atoms with E-state index in [0.29, 0.717) is 22.0 Å². The lowest BCUT2D eigenvalue weighted by atomic mass is 10.2. The lowest BCUT2D eigenvalue weighted by Gasteiger charge is -2.08. The van der Waals surface area contributed by atoms with E-state index < -0.39 is 0 Å². The van der Waals surface area contributed by atoms with Crippen molar-refractivity contribution in [3.8, 4) is 11.5 Å². The minimum Gasteiger partial charge on any atom is -0.454 e. The summed E-state index contributed by atoms with van der Waals surface area (Å²) in [4.78, 5) is 7.99. The second-order valence-corrected chi connectivity index (χ2v) is 5.02. The van der Waals surface area contributed by atoms with Crippen LogP contribution < -0.4 is 14.8 Å². The van der Waals surface area contributed by atoms with Gasteiger partial charge in [-0.05, 0) is 33.6 Å². The van der Waals surface area contributed by atoms with Crippen LogP contribution >= 0.6 is 27.5 Å². The topological polar surface area (TPSA) is 56.3 Å². The molecule has 98 valence electrons. The van der Waals surface area contributed by atoms with Gasteiger partial charge in [0.15, 0.2) is 11.5 Å². The number of fused-ring (bicyclic) bond motifs is 1. The summed E-state index contributed by atoms with van der Waals surface area (Å²) in [5, 5.41) is 3.56. The summed E-state index contributed by atoms with van der Waals surface area (Å²) in [6.07, 6.45) is 1.41. The van der Waals surface area contributed by atoms with Crippen molar-refractivity contribution < 1.29 is 9.47 Å². The number of rotatable bonds is 3. The van der Waals surface area contributed by atoms with E-state index in [1.54, 1.807) is 0 Å². The second kappa shape index (κ2) is 5.22. The van der Waals surface area contributed by atoms with Crippen LogP contribution in [0.1, 0.15) is 5.56 Å². The number of hydrogen-bond donors (Lipinski definition) is 1. The monoisotopic (exact) mass is 341 g/mol. The van der Waals surface area contributed by atoms with Gasteiger partial charge >= 0.3 is 0 Å². The Morgan fingerprint density at radius 1 is 1.26 bits per heavy atom. The van der Waals surface area contributed by atoms with Crippen LogP contribution in [0.4, 0.5) is 5.82 Å². The van der Waals surface area contributed by atoms with Crippen LogP contribution in [0.15, 0.2) is 29.0 Å². The molecular weight excluding hydrogens is 334 g/mol. The van der Waals surface area contributed by atoms with Crippen molar-refractivity contribution in [3.05, 3.63) is 39.7 Å². The summed E-state index contributed by atoms with van der Waals surface area (Å²) >= 11 is 9.24. The van der Waals surface area contributed by atoms with Crippen LogP contribution in [-0.2, 0) is 6.54 Å². The van der Waals surface area contributed by atoms with Gasteiger partial charge in [0.2, 0.25) is 6.79 Å². The van der Waals surface area contributed by atoms with E-state index in [2.05, 4.69) is 31.2 Å². The van der Waals surface area contributed by atoms with Crippen LogP contribution in [0.5, 0.6) is 11.5 Å². The summed E-state index contributed by atoms with van der Waals surface area (Å²) in [5.74, 6) is 2.19. The first kappa shape index (κ1) is 12.5. The zero-order valence-corrected chi connectivity index (χ0v) is 12.0. The molecule has 19 heavy (non-hydrogen) atoms. The first-order valence-corrected chi connectivity index (χ1v) is 6.69. The fraction of sp³-hybridized carbons (Fsp3) is 0.167. The molecule has 5 nitrogen and oxygen atoms in total. The van der Waals surface area contributed by atoms with Crippen LogP contribution in [0, 0.1) is 0 Å². The Morgan fingerprint density at radius 3 is 3.00 bits per heavy atom. The minimum absolute atomic E-state index is 0.277. The van der Waals surface area contributed by atoms with Gasteiger partial charge in [0, 0.05) is 6.54 Å². The SMILES string of the molecule is Clc1ncnc(NCc2ccc3c(c2)OCO3)c1Br. The molecule has 0 unspecified atom stereocenters. The maximum absolute atomic E-state index is 5.90. The zero-order valence-electron chi connectivity index (χ0n) is 9.69. The average molecular weight is 343 g/mol. The standard InChI is InChI=1S/C12H9BrClN3O2/c13-10-11(14)16-5-17-12(10)15-4-7-1-2-8-9(3-7)19-6-18-8/h1-3,5H,4,6H2,(H,15,16,17). The molecule has 0 atom stereocenters. The first-order valence-electron chi connectivity index (χ1n) is 5.52. The fourth-order valence-corrected chi connectivity index (χ4v) is 2.19. The van der Waals surface area contributed by atoms with E-state index >= 15 is 0 Å². The molecule has 0 saturated carbocycles. The van der Waals surface area contributed by atoms with Crippen molar-refractivity contribution in [1.82, 2.24) is 9.97 Å². The molecule has 2 heterocycles. The lowest BCUT2D eigenvalue weighted by Crippen LogP contribution is -2.02. The van der Waals surface area contributed by atoms with E-state index in [0.717, 1.165) is 17.1 Å². The molecule has 0 radical (unpaired) electrons. The molecule has 0 amide bonds. The van der Waals surface area contributed by atoms with Crippen LogP contribution in [0.3, 0.4) is 0 Å². The number of aromatic nitrogens is 2. The fourth-order valence-electron chi connectivity index (χ4n) is 1.71. The third-order valence-electron chi connectivity index (χ3n) is 2.64. The molecule has 1 aromatic heterocycles. The van der Waals surface area contributed by atoms with E-state index in [9.17, 15) is 0 Å². The van der Waals surface area contributed by atoms with Gasteiger partial charge in [0.25, 0.3) is 0 Å². The minimum atomic E-state index is 0.277. The van der Waals surface area contributed by atoms with E-state index in [4.69, 9.17) is 21.1 Å². The number of benzene rings is 1. The number of hydrogen-bond acceptors (Lipinski definition) is 5. The molecular formula is C12H9BrClN3O2. The summed E-state index contributed by atoms with van der Waals surface area (Å²) in [5.41, 5.74) is 1.06. The number of nitrogens with one attached hydrogen (secondary N) is 1. The van der Waals surface area contributed by atoms with E-state index in [1.165, 1.54) is 6.33 Å². The third-order valence-corrected chi connectivity index (χ3v) is 3.91. The first-order chi connectivity index (χ1) is 9.24. The number of halogens is 2. The highest BCUT2D eigenvalue weighted by atomic mass is 79.9. The number of nitrogens with zero attached hydrogens (tertiary/aromatic N) is 2. The molecule has 7 heteroatoms. The largest absolute Gasteiger partial charge is 0.454 e. The molecule has 0 aliphatic carbocycles. The summed E-state index contributed by atoms with van der Waals surface area (Å²) in [6, 6.07) is 5.80. The van der Waals surface area contributed by atoms with E-state index in [1.807, 2.05) is 18.2 Å². The predicted octanol–water partition coefficient (Wildman–Crippen LogP) is 3.23. The highest BCUT2D eigenvalue weighted by Crippen LogP contribution is 2.33. The van der Waals surface area contributed by atoms with Crippen LogP contribution in [0.25, 0.3) is 0 Å². The van der Waals surface area contributed by atoms with Gasteiger partial charge in [-0.2, -0.15) is 0 Å². The van der Waals surface area contributed by atoms with Gasteiger partial charge in [0.05, 0.1) is 4.47 Å². The van der Waals surface area contributed by atoms with Crippen molar-refractivity contribution >= 4 is 33.3 Å². The summed E-state index contributed by atoms with van der Waals surface area (Å²) < 4.78 is 11.2. The molecule has 1 N–H and O–H groups in total. The highest BCUT2D eigenvalue weighted by Gasteiger charge is 2.13. The van der Waals surface area contributed by atoms with Gasteiger partial charge < -0.3 is 14.8 Å². The van der Waals surface area contributed by atoms with Gasteiger partial charge in [-0.3, -0.25) is 0 Å². The molecule has 2 aromatic rings. The molecule has 1 aliphatic rings. The Hall–Kier alpha value is -1.53. The summed E-state index contributed by atoms with van der Waals surface area (Å²) in [6.45, 7) is 0.877. The maximum atomic E-state index is 5.90. The van der Waals surface area contributed by atoms with Crippen molar-refractivity contribution in [3.63, 3.8) is 0 Å². The van der Waals surface area contributed by atoms with Crippen LogP contribution in [0.2, 0.25) is 5.15 Å². The zero-order chi connectivity index (χ0) is 13.2. The Bertz CT molecular complexity index is 624. The van der Waals surface area contributed by atoms with Crippen molar-refractivity contribution in [2.24, 2.45) is 0 Å². The molecule has 1 aromatic carbocycles. The van der Waals surface area contributed by atoms with Crippen molar-refractivity contribution in [2.45, 2.75) is 6.54 Å². The van der Waals surface area contributed by atoms with Crippen molar-refractivity contribution in [1.29, 1.82) is 0 Å². The second-order valence-electron chi connectivity index (χ2n) is 3.87. The van der Waals surface area contributed by atoms with Crippen molar-refractivity contribution in [2.75, 3.05) is 12.1 Å². The van der Waals surface area contributed by atoms with E-state index in [-0.39, 0.29) is 6.79 Å². The Balaban J connectivity index is 1.74. The Morgan fingerprint density at radius 2 is 2.11 bits per heavy atom. The quantitative estimate of drug-likeness (QED) is 0.868. The summed E-state index contributed by atoms with van der Waals surface area (Å²) in [7, 11) is 0. The normalized spacial score (nSPS) is 12.5. The number of anilines is 1. The Labute approximate surface area is 123 Å². The lowest BCUT2D eigenvalue weighted by molar-refractivity contribution is 0.174. The Kier molecular flexibility index (Phi) is 3.44. The van der Waals surface area contributed by atoms with Crippen LogP contribution in [-0.4, -0.2) is 16.8 Å². The highest BCUT2D eigenvalue weighted by molar-refractivity contribution is 9.10. The molecule has 0 bridgehead atoms.